The van der Waals surface area contributed by atoms with Crippen molar-refractivity contribution in [3.63, 3.8) is 0 Å². The molecule has 15 heteroatoms. The number of nitrogens with one attached hydrogen (secondary N) is 3. The molecule has 53 heavy (non-hydrogen) atoms. The van der Waals surface area contributed by atoms with Crippen LogP contribution in [0.4, 0.5) is 4.79 Å². The summed E-state index contributed by atoms with van der Waals surface area (Å²) in [6.07, 6.45) is 7.68. The van der Waals surface area contributed by atoms with Crippen LogP contribution in [0.15, 0.2) is 84.1 Å². The molecule has 2 aliphatic rings. The predicted octanol–water partition coefficient (Wildman–Crippen LogP) is 5.04. The number of aliphatic imine (C=N–C) groups is 1. The monoisotopic (exact) mass is 719 g/mol. The fraction of sp³-hybridized carbons (Fsp3) is 0.342. The van der Waals surface area contributed by atoms with E-state index in [4.69, 9.17) is 14.6 Å². The molecule has 0 bridgehead atoms. The Morgan fingerprint density at radius 1 is 0.887 bits per heavy atom. The number of rotatable bonds is 12. The minimum Gasteiger partial charge on any atom is -0.453 e. The molecule has 0 saturated carbocycles. The maximum atomic E-state index is 13.9. The fourth-order valence-electron chi connectivity index (χ4n) is 7.19. The first kappa shape index (κ1) is 35.3. The van der Waals surface area contributed by atoms with Gasteiger partial charge in [0.15, 0.2) is 11.7 Å². The van der Waals surface area contributed by atoms with E-state index in [1.165, 1.54) is 14.2 Å². The number of carbonyl (C=O) groups excluding carboxylic acids is 3. The zero-order valence-corrected chi connectivity index (χ0v) is 29.5. The molecule has 3 N–H and O–H groups in total. The van der Waals surface area contributed by atoms with Crippen LogP contribution in [0.3, 0.4) is 0 Å². The zero-order chi connectivity index (χ0) is 36.7. The van der Waals surface area contributed by atoms with Crippen LogP contribution in [0.25, 0.3) is 11.2 Å². The van der Waals surface area contributed by atoms with Gasteiger partial charge in [0.25, 0.3) is 11.8 Å². The molecule has 0 unspecified atom stereocenters. The zero-order valence-electron chi connectivity index (χ0n) is 29.5. The Morgan fingerprint density at radius 3 is 2.26 bits per heavy atom. The van der Waals surface area contributed by atoms with Gasteiger partial charge in [0.05, 0.1) is 31.8 Å². The van der Waals surface area contributed by atoms with Gasteiger partial charge in [0, 0.05) is 37.6 Å². The number of fused-ring (bicyclic) bond motifs is 1. The average molecular weight is 720 g/mol. The van der Waals surface area contributed by atoms with Crippen molar-refractivity contribution in [2.24, 2.45) is 4.99 Å². The van der Waals surface area contributed by atoms with E-state index in [-0.39, 0.29) is 23.9 Å². The fourth-order valence-corrected chi connectivity index (χ4v) is 7.19. The summed E-state index contributed by atoms with van der Waals surface area (Å²) in [5.41, 5.74) is 4.55. The molecule has 5 aromatic rings. The summed E-state index contributed by atoms with van der Waals surface area (Å²) < 4.78 is 4.82. The van der Waals surface area contributed by atoms with Gasteiger partial charge in [0.2, 0.25) is 6.40 Å². The van der Waals surface area contributed by atoms with Crippen LogP contribution < -0.4 is 5.32 Å². The van der Waals surface area contributed by atoms with Crippen molar-refractivity contribution < 1.29 is 28.9 Å². The highest BCUT2D eigenvalue weighted by molar-refractivity contribution is 5.87. The second-order valence-corrected chi connectivity index (χ2v) is 13.0. The highest BCUT2D eigenvalue weighted by Gasteiger charge is 2.38. The number of ether oxygens (including phenoxy) is 1. The number of hydrogen-bond acceptors (Lipinski definition) is 10. The first-order chi connectivity index (χ1) is 25.9. The Bertz CT molecular complexity index is 2070. The van der Waals surface area contributed by atoms with E-state index in [2.05, 4.69) is 35.1 Å². The van der Waals surface area contributed by atoms with Crippen molar-refractivity contribution >= 4 is 35.5 Å². The van der Waals surface area contributed by atoms with Crippen LogP contribution in [-0.4, -0.2) is 86.3 Å². The molecule has 0 spiro atoms. The smallest absolute Gasteiger partial charge is 0.407 e. The average Bonchev–Trinajstić information content (AvgIpc) is 4.02. The van der Waals surface area contributed by atoms with Crippen LogP contribution >= 0.6 is 0 Å². The Labute approximate surface area is 305 Å². The van der Waals surface area contributed by atoms with Gasteiger partial charge in [-0.2, -0.15) is 4.89 Å². The standard InChI is InChI=1S/C38H41N9O6/c1-51-38(50)44-32(26-13-7-4-8-14-26)37(49)46-17-9-15-29(46)34-40-22-27(42-34)19-24-20-28-33(39-21-24)45-35(43-28)30-16-10-18-47(30)36(48)31(41-23-53-52-2)25-11-5-3-6-12-25/h3-8,11-14,20-23,29-32H,9-10,15-19H2,1-2H3,(H,40,42)(H,44,50)(H,39,43,45)/t29-,30-,31+,32+/m0/s1. The van der Waals surface area contributed by atoms with Gasteiger partial charge in [0.1, 0.15) is 17.7 Å². The maximum Gasteiger partial charge on any atom is 0.407 e. The largest absolute Gasteiger partial charge is 0.453 e. The summed E-state index contributed by atoms with van der Waals surface area (Å²) in [5, 5.41) is 2.70. The Kier molecular flexibility index (Phi) is 10.7. The Hall–Kier alpha value is -6.09. The second-order valence-electron chi connectivity index (χ2n) is 13.0. The van der Waals surface area contributed by atoms with E-state index in [0.29, 0.717) is 42.4 Å². The SMILES string of the molecule is COOC=N[C@@H](C(=O)N1CCC[C@H]1c1nc2ncc(Cc3cnc([C@@H]4CCCN4C(=O)[C@H](NC(=O)OC)c4ccccc4)[nH]3)cc2[nH]1)c1ccccc1. The molecule has 2 saturated heterocycles. The molecule has 3 aromatic heterocycles. The van der Waals surface area contributed by atoms with E-state index in [9.17, 15) is 14.4 Å². The lowest BCUT2D eigenvalue weighted by Gasteiger charge is -2.28. The third-order valence-corrected chi connectivity index (χ3v) is 9.68. The topological polar surface area (TPSA) is 180 Å². The van der Waals surface area contributed by atoms with E-state index < -0.39 is 18.2 Å². The van der Waals surface area contributed by atoms with Gasteiger partial charge in [-0.3, -0.25) is 9.59 Å². The number of aromatic amines is 2. The number of likely N-dealkylation sites (tertiary alicyclic amines) is 2. The molecule has 0 aliphatic carbocycles. The van der Waals surface area contributed by atoms with Crippen molar-refractivity contribution in [3.8, 4) is 0 Å². The molecule has 2 aliphatic heterocycles. The normalized spacial score (nSPS) is 18.4. The number of pyridine rings is 1. The molecule has 0 radical (unpaired) electrons. The van der Waals surface area contributed by atoms with E-state index >= 15 is 0 Å². The van der Waals surface area contributed by atoms with Gasteiger partial charge in [-0.25, -0.2) is 24.7 Å². The molecule has 3 amide bonds. The van der Waals surface area contributed by atoms with E-state index in [1.54, 1.807) is 17.3 Å². The van der Waals surface area contributed by atoms with E-state index in [1.807, 2.05) is 71.6 Å². The van der Waals surface area contributed by atoms with Gasteiger partial charge in [-0.05, 0) is 48.4 Å². The number of carbonyl (C=O) groups is 3. The molecular weight excluding hydrogens is 678 g/mol. The van der Waals surface area contributed by atoms with Crippen LogP contribution in [-0.2, 0) is 30.5 Å². The molecule has 15 nitrogen and oxygen atoms in total. The number of hydrogen-bond donors (Lipinski definition) is 3. The molecule has 7 rings (SSSR count). The van der Waals surface area contributed by atoms with Gasteiger partial charge in [-0.1, -0.05) is 60.7 Å². The van der Waals surface area contributed by atoms with Crippen molar-refractivity contribution in [1.29, 1.82) is 0 Å². The van der Waals surface area contributed by atoms with E-state index in [0.717, 1.165) is 54.4 Å². The van der Waals surface area contributed by atoms with Gasteiger partial charge >= 0.3 is 6.09 Å². The Morgan fingerprint density at radius 2 is 1.57 bits per heavy atom. The van der Waals surface area contributed by atoms with Crippen LogP contribution in [0.2, 0.25) is 0 Å². The lowest BCUT2D eigenvalue weighted by atomic mass is 10.1. The molecular formula is C38H41N9O6. The summed E-state index contributed by atoms with van der Waals surface area (Å²) >= 11 is 0. The van der Waals surface area contributed by atoms with Crippen molar-refractivity contribution in [1.82, 2.24) is 40.0 Å². The minimum atomic E-state index is -0.889. The number of methoxy groups -OCH3 is 1. The van der Waals surface area contributed by atoms with Crippen LogP contribution in [0.1, 0.15) is 83.9 Å². The number of amides is 3. The predicted molar refractivity (Wildman–Crippen MR) is 193 cm³/mol. The summed E-state index contributed by atoms with van der Waals surface area (Å²) in [7, 11) is 2.65. The summed E-state index contributed by atoms with van der Waals surface area (Å²) in [4.78, 5) is 78.4. The molecule has 5 heterocycles. The molecule has 2 fully saturated rings. The number of nitrogens with zero attached hydrogens (tertiary/aromatic N) is 6. The maximum absolute atomic E-state index is 13.9. The quantitative estimate of drug-likeness (QED) is 0.0689. The first-order valence-corrected chi connectivity index (χ1v) is 17.6. The third kappa shape index (κ3) is 7.74. The number of H-pyrrole nitrogens is 2. The second kappa shape index (κ2) is 16.1. The van der Waals surface area contributed by atoms with Crippen molar-refractivity contribution in [2.75, 3.05) is 27.3 Å². The molecule has 274 valence electrons. The highest BCUT2D eigenvalue weighted by Crippen LogP contribution is 2.36. The first-order valence-electron chi connectivity index (χ1n) is 17.6. The van der Waals surface area contributed by atoms with Crippen LogP contribution in [0, 0.1) is 0 Å². The number of aromatic nitrogens is 5. The minimum absolute atomic E-state index is 0.156. The number of benzene rings is 2. The molecule has 4 atom stereocenters. The third-order valence-electron chi connectivity index (χ3n) is 9.68. The number of alkyl carbamates (subject to hydrolysis) is 1. The lowest BCUT2D eigenvalue weighted by molar-refractivity contribution is -0.188. The van der Waals surface area contributed by atoms with Crippen molar-refractivity contribution in [3.05, 3.63) is 113 Å². The Balaban J connectivity index is 1.05. The number of imidazole rings is 2. The lowest BCUT2D eigenvalue weighted by Crippen LogP contribution is -2.42. The summed E-state index contributed by atoms with van der Waals surface area (Å²) in [5.74, 6) is 0.977. The highest BCUT2D eigenvalue weighted by atomic mass is 17.2. The summed E-state index contributed by atoms with van der Waals surface area (Å²) in [6.45, 7) is 1.12. The van der Waals surface area contributed by atoms with Crippen molar-refractivity contribution in [2.45, 2.75) is 56.3 Å². The van der Waals surface area contributed by atoms with Crippen LogP contribution in [0.5, 0.6) is 0 Å². The molecule has 2 aromatic carbocycles. The summed E-state index contributed by atoms with van der Waals surface area (Å²) in [6, 6.07) is 18.3. The van der Waals surface area contributed by atoms with Gasteiger partial charge < -0.3 is 34.7 Å². The van der Waals surface area contributed by atoms with Gasteiger partial charge in [-0.15, -0.1) is 0 Å².